The number of anilines is 1. The minimum absolute atomic E-state index is 0.102. The molecule has 2 amide bonds. The first-order chi connectivity index (χ1) is 11.4. The fraction of sp³-hybridized carbons (Fsp3) is 0.111. The van der Waals surface area contributed by atoms with Gasteiger partial charge in [0.2, 0.25) is 5.91 Å². The van der Waals surface area contributed by atoms with Crippen LogP contribution in [0, 0.1) is 12.7 Å². The fourth-order valence-corrected chi connectivity index (χ4v) is 2.41. The Labute approximate surface area is 147 Å². The van der Waals surface area contributed by atoms with Crippen molar-refractivity contribution in [1.82, 2.24) is 5.32 Å². The summed E-state index contributed by atoms with van der Waals surface area (Å²) in [5.41, 5.74) is 1.89. The van der Waals surface area contributed by atoms with E-state index in [9.17, 15) is 14.0 Å². The summed E-state index contributed by atoms with van der Waals surface area (Å²) >= 11 is 3.24. The number of aryl methyl sites for hydroxylation is 1. The highest BCUT2D eigenvalue weighted by atomic mass is 79.9. The molecule has 0 aliphatic carbocycles. The van der Waals surface area contributed by atoms with Crippen LogP contribution < -0.4 is 10.6 Å². The molecule has 2 rings (SSSR count). The van der Waals surface area contributed by atoms with Crippen LogP contribution in [-0.4, -0.2) is 11.8 Å². The quantitative estimate of drug-likeness (QED) is 0.759. The molecule has 0 atom stereocenters. The molecule has 0 bridgehead atoms. The van der Waals surface area contributed by atoms with Gasteiger partial charge in [0.05, 0.1) is 5.69 Å². The number of hydrogen-bond donors (Lipinski definition) is 2. The highest BCUT2D eigenvalue weighted by molar-refractivity contribution is 9.10. The van der Waals surface area contributed by atoms with Crippen molar-refractivity contribution in [3.63, 3.8) is 0 Å². The lowest BCUT2D eigenvalue weighted by Gasteiger charge is -2.12. The van der Waals surface area contributed by atoms with Crippen LogP contribution in [0.15, 0.2) is 53.5 Å². The van der Waals surface area contributed by atoms with E-state index in [0.29, 0.717) is 15.6 Å². The van der Waals surface area contributed by atoms with Gasteiger partial charge in [-0.05, 0) is 42.3 Å². The molecule has 4 nitrogen and oxygen atoms in total. The second-order valence-corrected chi connectivity index (χ2v) is 5.97. The Morgan fingerprint density at radius 3 is 2.71 bits per heavy atom. The summed E-state index contributed by atoms with van der Waals surface area (Å²) < 4.78 is 14.6. The third-order valence-electron chi connectivity index (χ3n) is 3.40. The van der Waals surface area contributed by atoms with Crippen LogP contribution in [-0.2, 0) is 11.3 Å². The lowest BCUT2D eigenvalue weighted by atomic mass is 10.1. The molecule has 0 spiro atoms. The van der Waals surface area contributed by atoms with Crippen LogP contribution in [0.4, 0.5) is 10.1 Å². The second-order valence-electron chi connectivity index (χ2n) is 5.11. The maximum atomic E-state index is 14.0. The maximum absolute atomic E-state index is 14.0. The number of halogens is 2. The fourth-order valence-electron chi connectivity index (χ4n) is 2.09. The zero-order valence-electron chi connectivity index (χ0n) is 13.0. The zero-order valence-corrected chi connectivity index (χ0v) is 14.6. The van der Waals surface area contributed by atoms with Gasteiger partial charge in [0.15, 0.2) is 0 Å². The number of rotatable bonds is 5. The summed E-state index contributed by atoms with van der Waals surface area (Å²) in [6.07, 6.45) is 1.16. The Morgan fingerprint density at radius 2 is 2.00 bits per heavy atom. The van der Waals surface area contributed by atoms with Gasteiger partial charge < -0.3 is 10.6 Å². The van der Waals surface area contributed by atoms with Crippen molar-refractivity contribution in [2.45, 2.75) is 13.5 Å². The molecule has 0 aliphatic rings. The smallest absolute Gasteiger partial charge is 0.256 e. The monoisotopic (exact) mass is 390 g/mol. The van der Waals surface area contributed by atoms with Crippen molar-refractivity contribution in [2.75, 3.05) is 5.32 Å². The summed E-state index contributed by atoms with van der Waals surface area (Å²) in [7, 11) is 0. The number of hydrogen-bond acceptors (Lipinski definition) is 2. The minimum atomic E-state index is -0.529. The van der Waals surface area contributed by atoms with Crippen LogP contribution in [0.5, 0.6) is 0 Å². The third kappa shape index (κ3) is 4.29. The first kappa shape index (κ1) is 17.9. The Kier molecular flexibility index (Phi) is 5.87. The van der Waals surface area contributed by atoms with Gasteiger partial charge in [0.1, 0.15) is 5.82 Å². The predicted octanol–water partition coefficient (Wildman–Crippen LogP) is 3.95. The van der Waals surface area contributed by atoms with Gasteiger partial charge in [0.25, 0.3) is 5.91 Å². The van der Waals surface area contributed by atoms with Crippen molar-refractivity contribution in [3.8, 4) is 0 Å². The van der Waals surface area contributed by atoms with E-state index < -0.39 is 11.7 Å². The molecule has 0 heterocycles. The van der Waals surface area contributed by atoms with Gasteiger partial charge in [-0.2, -0.15) is 0 Å². The Hall–Kier alpha value is -2.47. The molecule has 2 N–H and O–H groups in total. The van der Waals surface area contributed by atoms with E-state index in [-0.39, 0.29) is 18.1 Å². The molecule has 24 heavy (non-hydrogen) atoms. The normalized spacial score (nSPS) is 10.1. The van der Waals surface area contributed by atoms with E-state index in [0.717, 1.165) is 11.6 Å². The van der Waals surface area contributed by atoms with Crippen molar-refractivity contribution >= 4 is 33.4 Å². The van der Waals surface area contributed by atoms with Crippen molar-refractivity contribution in [1.29, 1.82) is 0 Å². The zero-order chi connectivity index (χ0) is 17.7. The van der Waals surface area contributed by atoms with Crippen molar-refractivity contribution < 1.29 is 14.0 Å². The van der Waals surface area contributed by atoms with E-state index >= 15 is 0 Å². The SMILES string of the molecule is C=CC(=O)NCc1ccccc1C(=O)Nc1cc(C)c(Br)cc1F. The number of amides is 2. The number of carbonyl (C=O) groups is 2. The van der Waals surface area contributed by atoms with Gasteiger partial charge in [0, 0.05) is 16.6 Å². The average molecular weight is 391 g/mol. The second kappa shape index (κ2) is 7.88. The van der Waals surface area contributed by atoms with Gasteiger partial charge in [-0.15, -0.1) is 0 Å². The number of nitrogens with one attached hydrogen (secondary N) is 2. The Balaban J connectivity index is 2.23. The van der Waals surface area contributed by atoms with Crippen molar-refractivity contribution in [2.24, 2.45) is 0 Å². The molecule has 0 saturated carbocycles. The molecule has 124 valence electrons. The van der Waals surface area contributed by atoms with Gasteiger partial charge in [-0.1, -0.05) is 40.7 Å². The summed E-state index contributed by atoms with van der Waals surface area (Å²) in [6, 6.07) is 9.67. The Bertz CT molecular complexity index is 806. The molecule has 6 heteroatoms. The van der Waals surface area contributed by atoms with E-state index in [1.165, 1.54) is 6.07 Å². The van der Waals surface area contributed by atoms with E-state index in [1.54, 1.807) is 37.3 Å². The minimum Gasteiger partial charge on any atom is -0.348 e. The standard InChI is InChI=1S/C18H16BrFN2O2/c1-3-17(23)21-10-12-6-4-5-7-13(12)18(24)22-16-8-11(2)14(19)9-15(16)20/h3-9H,1,10H2,2H3,(H,21,23)(H,22,24). The molecular weight excluding hydrogens is 375 g/mol. The molecule has 0 aromatic heterocycles. The molecule has 0 saturated heterocycles. The van der Waals surface area contributed by atoms with E-state index in [1.807, 2.05) is 0 Å². The Morgan fingerprint density at radius 1 is 1.29 bits per heavy atom. The number of benzene rings is 2. The summed E-state index contributed by atoms with van der Waals surface area (Å²) in [5.74, 6) is -1.31. The van der Waals surface area contributed by atoms with E-state index in [2.05, 4.69) is 33.1 Å². The molecule has 0 unspecified atom stereocenters. The molecular formula is C18H16BrFN2O2. The molecule has 0 radical (unpaired) electrons. The lowest BCUT2D eigenvalue weighted by Crippen LogP contribution is -2.23. The van der Waals surface area contributed by atoms with Gasteiger partial charge >= 0.3 is 0 Å². The van der Waals surface area contributed by atoms with Gasteiger partial charge in [-0.25, -0.2) is 4.39 Å². The highest BCUT2D eigenvalue weighted by Crippen LogP contribution is 2.24. The molecule has 0 aliphatic heterocycles. The van der Waals surface area contributed by atoms with Crippen LogP contribution >= 0.6 is 15.9 Å². The predicted molar refractivity (Wildman–Crippen MR) is 95.3 cm³/mol. The average Bonchev–Trinajstić information content (AvgIpc) is 2.57. The first-order valence-corrected chi connectivity index (χ1v) is 7.97. The van der Waals surface area contributed by atoms with Crippen LogP contribution in [0.1, 0.15) is 21.5 Å². The van der Waals surface area contributed by atoms with Crippen LogP contribution in [0.25, 0.3) is 0 Å². The number of carbonyl (C=O) groups excluding carboxylic acids is 2. The van der Waals surface area contributed by atoms with Gasteiger partial charge in [-0.3, -0.25) is 9.59 Å². The third-order valence-corrected chi connectivity index (χ3v) is 4.25. The van der Waals surface area contributed by atoms with E-state index in [4.69, 9.17) is 0 Å². The maximum Gasteiger partial charge on any atom is 0.256 e. The summed E-state index contributed by atoms with van der Waals surface area (Å²) in [4.78, 5) is 23.8. The molecule has 0 fully saturated rings. The summed E-state index contributed by atoms with van der Waals surface area (Å²) in [6.45, 7) is 5.35. The topological polar surface area (TPSA) is 58.2 Å². The first-order valence-electron chi connectivity index (χ1n) is 7.17. The van der Waals surface area contributed by atoms with Crippen LogP contribution in [0.3, 0.4) is 0 Å². The molecule has 2 aromatic carbocycles. The van der Waals surface area contributed by atoms with Crippen molar-refractivity contribution in [3.05, 3.63) is 76.0 Å². The largest absolute Gasteiger partial charge is 0.348 e. The van der Waals surface area contributed by atoms with Crippen LogP contribution in [0.2, 0.25) is 0 Å². The highest BCUT2D eigenvalue weighted by Gasteiger charge is 2.14. The summed E-state index contributed by atoms with van der Waals surface area (Å²) in [5, 5.41) is 5.19. The molecule has 2 aromatic rings. The lowest BCUT2D eigenvalue weighted by molar-refractivity contribution is -0.116.